The van der Waals surface area contributed by atoms with Gasteiger partial charge in [0.2, 0.25) is 0 Å². The van der Waals surface area contributed by atoms with Gasteiger partial charge in [-0.15, -0.1) is 0 Å². The maximum atomic E-state index is 10.7. The Balaban J connectivity index is 1.85. The first kappa shape index (κ1) is 17.3. The molecular formula is C17H20N2O5. The molecule has 0 aromatic heterocycles. The molecule has 7 nitrogen and oxygen atoms in total. The van der Waals surface area contributed by atoms with Gasteiger partial charge in [-0.05, 0) is 29.8 Å². The number of carbonyl (C=O) groups is 1. The minimum Gasteiger partial charge on any atom is -0.497 e. The standard InChI is InChI=1S/C17H20N2O5/c1-22-12-3-5-16(14(19)10-12)24-7-6-23-15-4-2-11(8-13(15)18)9-17(20)21/h2-5,8,10H,6-7,9,18-19H2,1H3,(H,20,21). The molecule has 0 saturated carbocycles. The predicted octanol–water partition coefficient (Wildman–Crippen LogP) is 1.94. The van der Waals surface area contributed by atoms with E-state index in [1.54, 1.807) is 43.5 Å². The first-order valence-electron chi connectivity index (χ1n) is 7.29. The van der Waals surface area contributed by atoms with Crippen LogP contribution >= 0.6 is 0 Å². The quantitative estimate of drug-likeness (QED) is 0.499. The maximum absolute atomic E-state index is 10.7. The monoisotopic (exact) mass is 332 g/mol. The molecule has 128 valence electrons. The number of nitrogens with two attached hydrogens (primary N) is 2. The number of aliphatic carboxylic acids is 1. The van der Waals surface area contributed by atoms with E-state index in [9.17, 15) is 4.79 Å². The summed E-state index contributed by atoms with van der Waals surface area (Å²) in [6, 6.07) is 10.1. The lowest BCUT2D eigenvalue weighted by Crippen LogP contribution is -2.11. The van der Waals surface area contributed by atoms with Crippen LogP contribution in [0.1, 0.15) is 5.56 Å². The fourth-order valence-corrected chi connectivity index (χ4v) is 2.10. The molecule has 0 bridgehead atoms. The lowest BCUT2D eigenvalue weighted by Gasteiger charge is -2.12. The normalized spacial score (nSPS) is 10.2. The van der Waals surface area contributed by atoms with Crippen molar-refractivity contribution in [3.63, 3.8) is 0 Å². The fourth-order valence-electron chi connectivity index (χ4n) is 2.10. The van der Waals surface area contributed by atoms with Gasteiger partial charge in [-0.2, -0.15) is 0 Å². The number of carboxylic acid groups (broad SMARTS) is 1. The molecule has 2 aromatic rings. The molecule has 5 N–H and O–H groups in total. The van der Waals surface area contributed by atoms with Gasteiger partial charge in [-0.3, -0.25) is 4.79 Å². The van der Waals surface area contributed by atoms with Gasteiger partial charge in [0.1, 0.15) is 30.5 Å². The summed E-state index contributed by atoms with van der Waals surface area (Å²) in [5, 5.41) is 8.76. The van der Waals surface area contributed by atoms with Crippen molar-refractivity contribution in [3.05, 3.63) is 42.0 Å². The zero-order chi connectivity index (χ0) is 17.5. The van der Waals surface area contributed by atoms with Crippen LogP contribution < -0.4 is 25.7 Å². The summed E-state index contributed by atoms with van der Waals surface area (Å²) in [4.78, 5) is 10.7. The molecule has 0 aliphatic heterocycles. The Hall–Kier alpha value is -3.09. The number of rotatable bonds is 8. The second-order valence-corrected chi connectivity index (χ2v) is 5.04. The van der Waals surface area contributed by atoms with E-state index in [0.29, 0.717) is 34.2 Å². The molecule has 0 heterocycles. The second-order valence-electron chi connectivity index (χ2n) is 5.04. The van der Waals surface area contributed by atoms with Crippen molar-refractivity contribution in [1.29, 1.82) is 0 Å². The predicted molar refractivity (Wildman–Crippen MR) is 90.6 cm³/mol. The molecule has 2 rings (SSSR count). The van der Waals surface area contributed by atoms with Crippen LogP contribution in [0.3, 0.4) is 0 Å². The molecule has 0 unspecified atom stereocenters. The summed E-state index contributed by atoms with van der Waals surface area (Å²) in [7, 11) is 1.56. The highest BCUT2D eigenvalue weighted by atomic mass is 16.5. The lowest BCUT2D eigenvalue weighted by atomic mass is 10.1. The van der Waals surface area contributed by atoms with Gasteiger partial charge >= 0.3 is 5.97 Å². The Morgan fingerprint density at radius 2 is 1.58 bits per heavy atom. The molecular weight excluding hydrogens is 312 g/mol. The van der Waals surface area contributed by atoms with Crippen molar-refractivity contribution >= 4 is 17.3 Å². The average Bonchev–Trinajstić information content (AvgIpc) is 2.53. The largest absolute Gasteiger partial charge is 0.497 e. The molecule has 24 heavy (non-hydrogen) atoms. The number of nitrogen functional groups attached to an aromatic ring is 2. The summed E-state index contributed by atoms with van der Waals surface area (Å²) in [6.45, 7) is 0.556. The number of carboxylic acids is 1. The Bertz CT molecular complexity index is 718. The topological polar surface area (TPSA) is 117 Å². The number of hydrogen-bond donors (Lipinski definition) is 3. The number of methoxy groups -OCH3 is 1. The Morgan fingerprint density at radius 1 is 1.00 bits per heavy atom. The molecule has 0 fully saturated rings. The molecule has 0 amide bonds. The summed E-state index contributed by atoms with van der Waals surface area (Å²) < 4.78 is 16.2. The third-order valence-corrected chi connectivity index (χ3v) is 3.24. The first-order valence-corrected chi connectivity index (χ1v) is 7.29. The summed E-state index contributed by atoms with van der Waals surface area (Å²) in [5.74, 6) is 0.776. The van der Waals surface area contributed by atoms with E-state index in [2.05, 4.69) is 0 Å². The van der Waals surface area contributed by atoms with Gasteiger partial charge in [-0.1, -0.05) is 6.07 Å². The molecule has 7 heteroatoms. The zero-order valence-electron chi connectivity index (χ0n) is 13.3. The second kappa shape index (κ2) is 7.96. The van der Waals surface area contributed by atoms with Gasteiger partial charge in [0.15, 0.2) is 0 Å². The first-order chi connectivity index (χ1) is 11.5. The van der Waals surface area contributed by atoms with Crippen molar-refractivity contribution in [2.45, 2.75) is 6.42 Å². The SMILES string of the molecule is COc1ccc(OCCOc2ccc(CC(=O)O)cc2N)c(N)c1. The van der Waals surface area contributed by atoms with E-state index in [1.165, 1.54) is 0 Å². The Labute approximate surface area is 139 Å². The number of benzene rings is 2. The van der Waals surface area contributed by atoms with Gasteiger partial charge in [0.25, 0.3) is 0 Å². The van der Waals surface area contributed by atoms with Crippen LogP contribution in [-0.4, -0.2) is 31.4 Å². The van der Waals surface area contributed by atoms with E-state index >= 15 is 0 Å². The maximum Gasteiger partial charge on any atom is 0.307 e. The van der Waals surface area contributed by atoms with E-state index in [0.717, 1.165) is 0 Å². The third kappa shape index (κ3) is 4.70. The van der Waals surface area contributed by atoms with Crippen LogP contribution in [0.2, 0.25) is 0 Å². The molecule has 0 atom stereocenters. The van der Waals surface area contributed by atoms with Gasteiger partial charge in [-0.25, -0.2) is 0 Å². The van der Waals surface area contributed by atoms with Crippen LogP contribution in [0.4, 0.5) is 11.4 Å². The van der Waals surface area contributed by atoms with Crippen LogP contribution in [0.25, 0.3) is 0 Å². The lowest BCUT2D eigenvalue weighted by molar-refractivity contribution is -0.136. The number of anilines is 2. The molecule has 0 aliphatic rings. The van der Waals surface area contributed by atoms with Crippen molar-refractivity contribution in [1.82, 2.24) is 0 Å². The highest BCUT2D eigenvalue weighted by molar-refractivity contribution is 5.71. The van der Waals surface area contributed by atoms with Crippen molar-refractivity contribution in [3.8, 4) is 17.2 Å². The molecule has 2 aromatic carbocycles. The van der Waals surface area contributed by atoms with Crippen LogP contribution in [0.5, 0.6) is 17.2 Å². The van der Waals surface area contributed by atoms with E-state index in [4.69, 9.17) is 30.8 Å². The average molecular weight is 332 g/mol. The summed E-state index contributed by atoms with van der Waals surface area (Å²) >= 11 is 0. The molecule has 0 spiro atoms. The van der Waals surface area contributed by atoms with Crippen molar-refractivity contribution < 1.29 is 24.1 Å². The van der Waals surface area contributed by atoms with Crippen molar-refractivity contribution in [2.24, 2.45) is 0 Å². The zero-order valence-corrected chi connectivity index (χ0v) is 13.3. The highest BCUT2D eigenvalue weighted by Gasteiger charge is 2.06. The highest BCUT2D eigenvalue weighted by Crippen LogP contribution is 2.26. The number of ether oxygens (including phenoxy) is 3. The van der Waals surface area contributed by atoms with Gasteiger partial charge < -0.3 is 30.8 Å². The molecule has 0 radical (unpaired) electrons. The van der Waals surface area contributed by atoms with E-state index < -0.39 is 5.97 Å². The van der Waals surface area contributed by atoms with Crippen LogP contribution in [0, 0.1) is 0 Å². The minimum absolute atomic E-state index is 0.0790. The van der Waals surface area contributed by atoms with Gasteiger partial charge in [0, 0.05) is 6.07 Å². The van der Waals surface area contributed by atoms with Gasteiger partial charge in [0.05, 0.1) is 24.9 Å². The van der Waals surface area contributed by atoms with Crippen molar-refractivity contribution in [2.75, 3.05) is 31.8 Å². The third-order valence-electron chi connectivity index (χ3n) is 3.24. The van der Waals surface area contributed by atoms with E-state index in [1.807, 2.05) is 0 Å². The Morgan fingerprint density at radius 3 is 2.08 bits per heavy atom. The Kier molecular flexibility index (Phi) is 5.73. The molecule has 0 saturated heterocycles. The fraction of sp³-hybridized carbons (Fsp3) is 0.235. The minimum atomic E-state index is -0.909. The summed E-state index contributed by atoms with van der Waals surface area (Å²) in [5.41, 5.74) is 13.2. The van der Waals surface area contributed by atoms with Crippen LogP contribution in [-0.2, 0) is 11.2 Å². The van der Waals surface area contributed by atoms with Crippen LogP contribution in [0.15, 0.2) is 36.4 Å². The molecule has 0 aliphatic carbocycles. The van der Waals surface area contributed by atoms with E-state index in [-0.39, 0.29) is 19.6 Å². The smallest absolute Gasteiger partial charge is 0.307 e. The summed E-state index contributed by atoms with van der Waals surface area (Å²) in [6.07, 6.45) is -0.0790. The number of hydrogen-bond acceptors (Lipinski definition) is 6.